The first kappa shape index (κ1) is 19.0. The van der Waals surface area contributed by atoms with Crippen LogP contribution < -0.4 is 5.32 Å². The topological polar surface area (TPSA) is 78.3 Å². The largest absolute Gasteiger partial charge is 0.382 e. The summed E-state index contributed by atoms with van der Waals surface area (Å²) >= 11 is 1.55. The first-order chi connectivity index (χ1) is 13.7. The molecule has 0 saturated heterocycles. The van der Waals surface area contributed by atoms with Crippen LogP contribution in [-0.4, -0.2) is 52.9 Å². The molecule has 0 aromatic carbocycles. The lowest BCUT2D eigenvalue weighted by Gasteiger charge is -2.29. The fourth-order valence-electron chi connectivity index (χ4n) is 3.56. The number of hydrogen-bond donors (Lipinski definition) is 1. The summed E-state index contributed by atoms with van der Waals surface area (Å²) in [5.74, 6) is -0.103. The van der Waals surface area contributed by atoms with Crippen molar-refractivity contribution in [2.45, 2.75) is 37.8 Å². The van der Waals surface area contributed by atoms with Crippen molar-refractivity contribution in [1.29, 1.82) is 0 Å². The summed E-state index contributed by atoms with van der Waals surface area (Å²) in [5.41, 5.74) is 0.493. The number of methoxy groups -OCH3 is 1. The lowest BCUT2D eigenvalue weighted by molar-refractivity contribution is -0.00408. The predicted molar refractivity (Wildman–Crippen MR) is 108 cm³/mol. The number of ether oxygens (including phenoxy) is 2. The second-order valence-electron chi connectivity index (χ2n) is 6.94. The van der Waals surface area contributed by atoms with E-state index in [4.69, 9.17) is 9.47 Å². The minimum absolute atomic E-state index is 0.103. The zero-order valence-electron chi connectivity index (χ0n) is 15.8. The Bertz CT molecular complexity index is 917. The maximum absolute atomic E-state index is 12.9. The van der Waals surface area contributed by atoms with E-state index in [-0.39, 0.29) is 18.1 Å². The summed E-state index contributed by atoms with van der Waals surface area (Å²) in [4.78, 5) is 21.3. The molecular formula is C20H24N4O3S. The third-order valence-electron chi connectivity index (χ3n) is 5.04. The quantitative estimate of drug-likeness (QED) is 0.616. The molecule has 148 valence electrons. The molecule has 4 rings (SSSR count). The summed E-state index contributed by atoms with van der Waals surface area (Å²) in [6.07, 6.45) is 11.1. The highest BCUT2D eigenvalue weighted by molar-refractivity contribution is 7.21. The van der Waals surface area contributed by atoms with E-state index in [1.807, 2.05) is 16.8 Å². The van der Waals surface area contributed by atoms with E-state index >= 15 is 0 Å². The van der Waals surface area contributed by atoms with Crippen LogP contribution in [0.4, 0.5) is 0 Å². The van der Waals surface area contributed by atoms with Crippen LogP contribution in [0.25, 0.3) is 15.1 Å². The van der Waals surface area contributed by atoms with E-state index in [1.165, 1.54) is 0 Å². The first-order valence-corrected chi connectivity index (χ1v) is 10.3. The van der Waals surface area contributed by atoms with E-state index in [1.54, 1.807) is 37.2 Å². The Morgan fingerprint density at radius 3 is 2.89 bits per heavy atom. The van der Waals surface area contributed by atoms with Gasteiger partial charge in [0.1, 0.15) is 10.7 Å². The van der Waals surface area contributed by atoms with Gasteiger partial charge in [-0.3, -0.25) is 9.36 Å². The van der Waals surface area contributed by atoms with Gasteiger partial charge in [-0.1, -0.05) is 0 Å². The van der Waals surface area contributed by atoms with Crippen LogP contribution in [0.1, 0.15) is 36.2 Å². The monoisotopic (exact) mass is 400 g/mol. The predicted octanol–water partition coefficient (Wildman–Crippen LogP) is 3.19. The molecule has 1 amide bonds. The minimum Gasteiger partial charge on any atom is -0.382 e. The standard InChI is InChI=1S/C20H24N4O3S/c1-26-10-11-27-16-4-2-15(3-5-16)23-20(25)18-19-14(6-7-22-18)12-17(28-19)24-9-8-21-13-24/h6-9,12-13,15-16H,2-5,10-11H2,1H3,(H,23,25). The van der Waals surface area contributed by atoms with Crippen molar-refractivity contribution < 1.29 is 14.3 Å². The summed E-state index contributed by atoms with van der Waals surface area (Å²) in [6, 6.07) is 4.16. The SMILES string of the molecule is COCCOC1CCC(NC(=O)c2nccc3cc(-n4ccnc4)sc23)CC1. The Hall–Kier alpha value is -2.29. The highest BCUT2D eigenvalue weighted by Crippen LogP contribution is 2.30. The molecule has 3 aromatic heterocycles. The van der Waals surface area contributed by atoms with Crippen LogP contribution in [0.5, 0.6) is 0 Å². The van der Waals surface area contributed by atoms with Crippen molar-refractivity contribution in [2.24, 2.45) is 0 Å². The van der Waals surface area contributed by atoms with Crippen LogP contribution in [0.2, 0.25) is 0 Å². The molecule has 0 bridgehead atoms. The summed E-state index contributed by atoms with van der Waals surface area (Å²) in [6.45, 7) is 1.25. The highest BCUT2D eigenvalue weighted by atomic mass is 32.1. The number of carbonyl (C=O) groups is 1. The van der Waals surface area contributed by atoms with Crippen molar-refractivity contribution in [2.75, 3.05) is 20.3 Å². The van der Waals surface area contributed by atoms with E-state index < -0.39 is 0 Å². The number of rotatable bonds is 7. The first-order valence-electron chi connectivity index (χ1n) is 9.53. The third-order valence-corrected chi connectivity index (χ3v) is 6.22. The van der Waals surface area contributed by atoms with Crippen LogP contribution in [0.3, 0.4) is 0 Å². The smallest absolute Gasteiger partial charge is 0.271 e. The minimum atomic E-state index is -0.103. The van der Waals surface area contributed by atoms with Crippen LogP contribution in [0.15, 0.2) is 37.1 Å². The number of aromatic nitrogens is 3. The molecule has 0 atom stereocenters. The number of nitrogens with zero attached hydrogens (tertiary/aromatic N) is 3. The second-order valence-corrected chi connectivity index (χ2v) is 7.97. The van der Waals surface area contributed by atoms with E-state index in [9.17, 15) is 4.79 Å². The normalized spacial score (nSPS) is 19.8. The zero-order chi connectivity index (χ0) is 19.3. The number of imidazole rings is 1. The molecule has 1 saturated carbocycles. The van der Waals surface area contributed by atoms with Gasteiger partial charge < -0.3 is 14.8 Å². The van der Waals surface area contributed by atoms with Gasteiger partial charge in [-0.25, -0.2) is 9.97 Å². The molecule has 1 fully saturated rings. The van der Waals surface area contributed by atoms with Crippen LogP contribution >= 0.6 is 11.3 Å². The van der Waals surface area contributed by atoms with Crippen molar-refractivity contribution in [3.63, 3.8) is 0 Å². The Balaban J connectivity index is 1.41. The fourth-order valence-corrected chi connectivity index (χ4v) is 4.65. The molecule has 0 spiro atoms. The molecule has 0 radical (unpaired) electrons. The van der Waals surface area contributed by atoms with Crippen molar-refractivity contribution in [3.8, 4) is 5.00 Å². The number of nitrogens with one attached hydrogen (secondary N) is 1. The van der Waals surface area contributed by atoms with Gasteiger partial charge in [0.15, 0.2) is 0 Å². The van der Waals surface area contributed by atoms with Crippen LogP contribution in [0, 0.1) is 0 Å². The number of thiophene rings is 1. The summed E-state index contributed by atoms with van der Waals surface area (Å²) in [5, 5.41) is 5.20. The Morgan fingerprint density at radius 2 is 2.14 bits per heavy atom. The average molecular weight is 401 g/mol. The molecule has 1 aliphatic rings. The number of amides is 1. The molecule has 3 aromatic rings. The molecule has 0 unspecified atom stereocenters. The molecule has 28 heavy (non-hydrogen) atoms. The fraction of sp³-hybridized carbons (Fsp3) is 0.450. The van der Waals surface area contributed by atoms with Gasteiger partial charge in [0.2, 0.25) is 0 Å². The van der Waals surface area contributed by atoms with Gasteiger partial charge in [0, 0.05) is 31.7 Å². The molecule has 0 aliphatic heterocycles. The lowest BCUT2D eigenvalue weighted by Crippen LogP contribution is -2.39. The zero-order valence-corrected chi connectivity index (χ0v) is 16.7. The van der Waals surface area contributed by atoms with Crippen molar-refractivity contribution >= 4 is 27.3 Å². The summed E-state index contributed by atoms with van der Waals surface area (Å²) < 4.78 is 13.7. The highest BCUT2D eigenvalue weighted by Gasteiger charge is 2.24. The number of carbonyl (C=O) groups excluding carboxylic acids is 1. The summed E-state index contributed by atoms with van der Waals surface area (Å²) in [7, 11) is 1.68. The molecule has 1 aliphatic carbocycles. The van der Waals surface area contributed by atoms with E-state index in [0.717, 1.165) is 40.8 Å². The maximum atomic E-state index is 12.9. The van der Waals surface area contributed by atoms with Crippen molar-refractivity contribution in [3.05, 3.63) is 42.7 Å². The van der Waals surface area contributed by atoms with Gasteiger partial charge in [0.05, 0.1) is 30.3 Å². The van der Waals surface area contributed by atoms with Gasteiger partial charge in [-0.2, -0.15) is 0 Å². The van der Waals surface area contributed by atoms with Gasteiger partial charge in [0.25, 0.3) is 5.91 Å². The molecule has 1 N–H and O–H groups in total. The number of fused-ring (bicyclic) bond motifs is 1. The van der Waals surface area contributed by atoms with Crippen LogP contribution in [-0.2, 0) is 9.47 Å². The third kappa shape index (κ3) is 4.24. The van der Waals surface area contributed by atoms with Gasteiger partial charge in [-0.15, -0.1) is 11.3 Å². The van der Waals surface area contributed by atoms with E-state index in [2.05, 4.69) is 21.4 Å². The Morgan fingerprint density at radius 1 is 1.29 bits per heavy atom. The van der Waals surface area contributed by atoms with Gasteiger partial charge in [-0.05, 0) is 43.2 Å². The van der Waals surface area contributed by atoms with Crippen molar-refractivity contribution in [1.82, 2.24) is 19.9 Å². The molecule has 3 heterocycles. The molecule has 7 nitrogen and oxygen atoms in total. The maximum Gasteiger partial charge on any atom is 0.271 e. The Kier molecular flexibility index (Phi) is 5.99. The van der Waals surface area contributed by atoms with Gasteiger partial charge >= 0.3 is 0 Å². The lowest BCUT2D eigenvalue weighted by atomic mass is 9.93. The Labute approximate surface area is 167 Å². The van der Waals surface area contributed by atoms with E-state index in [0.29, 0.717) is 18.9 Å². The molecular weight excluding hydrogens is 376 g/mol. The molecule has 8 heteroatoms. The average Bonchev–Trinajstić information content (AvgIpc) is 3.38. The second kappa shape index (κ2) is 8.81. The number of hydrogen-bond acceptors (Lipinski definition) is 6. The number of pyridine rings is 1.